The average molecular weight is 203 g/mol. The maximum atomic E-state index is 11.5. The fraction of sp³-hybridized carbons (Fsp3) is 0.889. The van der Waals surface area contributed by atoms with Gasteiger partial charge in [-0.15, -0.1) is 0 Å². The Labute approximate surface area is 83.5 Å². The predicted octanol–water partition coefficient (Wildman–Crippen LogP) is 0.579. The van der Waals surface area contributed by atoms with Crippen molar-refractivity contribution in [3.8, 4) is 0 Å². The Bertz CT molecular complexity index is 186. The molecular formula is C9H17NO2S. The summed E-state index contributed by atoms with van der Waals surface area (Å²) in [5.41, 5.74) is 0. The van der Waals surface area contributed by atoms with Crippen molar-refractivity contribution in [1.82, 2.24) is 4.90 Å². The van der Waals surface area contributed by atoms with Crippen molar-refractivity contribution in [2.24, 2.45) is 5.92 Å². The monoisotopic (exact) mass is 203 g/mol. The first-order valence-corrected chi connectivity index (χ1v) is 5.97. The van der Waals surface area contributed by atoms with Gasteiger partial charge in [0.1, 0.15) is 0 Å². The second-order valence-corrected chi connectivity index (χ2v) is 4.51. The molecule has 4 heteroatoms. The third-order valence-electron chi connectivity index (χ3n) is 2.44. The normalized spacial score (nSPS) is 25.3. The molecule has 3 nitrogen and oxygen atoms in total. The maximum absolute atomic E-state index is 11.5. The van der Waals surface area contributed by atoms with Crippen LogP contribution in [0.5, 0.6) is 0 Å². The van der Waals surface area contributed by atoms with Crippen molar-refractivity contribution in [1.29, 1.82) is 0 Å². The minimum atomic E-state index is 0.133. The van der Waals surface area contributed by atoms with Crippen LogP contribution in [-0.4, -0.2) is 47.1 Å². The minimum absolute atomic E-state index is 0.133. The van der Waals surface area contributed by atoms with Crippen LogP contribution >= 0.6 is 11.8 Å². The first kappa shape index (κ1) is 10.9. The van der Waals surface area contributed by atoms with Gasteiger partial charge in [-0.25, -0.2) is 0 Å². The minimum Gasteiger partial charge on any atom is -0.396 e. The van der Waals surface area contributed by atoms with E-state index in [0.29, 0.717) is 12.5 Å². The molecule has 1 fully saturated rings. The van der Waals surface area contributed by atoms with Gasteiger partial charge in [0.2, 0.25) is 5.91 Å². The Morgan fingerprint density at radius 2 is 2.46 bits per heavy atom. The summed E-state index contributed by atoms with van der Waals surface area (Å²) in [6.07, 6.45) is 2.57. The number of likely N-dealkylation sites (tertiary alicyclic amines) is 1. The second kappa shape index (κ2) is 4.86. The van der Waals surface area contributed by atoms with E-state index in [1.807, 2.05) is 11.2 Å². The lowest BCUT2D eigenvalue weighted by Crippen LogP contribution is -2.36. The zero-order valence-corrected chi connectivity index (χ0v) is 9.01. The Balaban J connectivity index is 2.46. The van der Waals surface area contributed by atoms with Crippen LogP contribution in [0, 0.1) is 5.92 Å². The van der Waals surface area contributed by atoms with E-state index < -0.39 is 0 Å². The third-order valence-corrected chi connectivity index (χ3v) is 3.25. The molecule has 13 heavy (non-hydrogen) atoms. The van der Waals surface area contributed by atoms with Crippen molar-refractivity contribution < 1.29 is 9.90 Å². The van der Waals surface area contributed by atoms with Gasteiger partial charge in [-0.2, -0.15) is 11.8 Å². The van der Waals surface area contributed by atoms with E-state index in [4.69, 9.17) is 5.11 Å². The fourth-order valence-corrected chi connectivity index (χ4v) is 2.35. The molecule has 0 bridgehead atoms. The van der Waals surface area contributed by atoms with E-state index in [1.54, 1.807) is 11.8 Å². The average Bonchev–Trinajstić information content (AvgIpc) is 2.47. The van der Waals surface area contributed by atoms with Crippen LogP contribution in [0.2, 0.25) is 0 Å². The Kier molecular flexibility index (Phi) is 4.06. The van der Waals surface area contributed by atoms with Gasteiger partial charge in [-0.3, -0.25) is 4.79 Å². The van der Waals surface area contributed by atoms with Crippen molar-refractivity contribution in [3.63, 3.8) is 0 Å². The van der Waals surface area contributed by atoms with E-state index >= 15 is 0 Å². The smallest absolute Gasteiger partial charge is 0.223 e. The van der Waals surface area contributed by atoms with Crippen LogP contribution in [-0.2, 0) is 4.79 Å². The number of amides is 1. The fourth-order valence-electron chi connectivity index (χ4n) is 1.69. The molecule has 1 amide bonds. The highest BCUT2D eigenvalue weighted by atomic mass is 32.2. The van der Waals surface area contributed by atoms with Crippen LogP contribution in [0.25, 0.3) is 0 Å². The maximum Gasteiger partial charge on any atom is 0.223 e. The van der Waals surface area contributed by atoms with Gasteiger partial charge in [0, 0.05) is 37.3 Å². The van der Waals surface area contributed by atoms with Gasteiger partial charge >= 0.3 is 0 Å². The summed E-state index contributed by atoms with van der Waals surface area (Å²) in [4.78, 5) is 13.4. The number of aliphatic hydroxyl groups excluding tert-OH is 1. The molecule has 1 N–H and O–H groups in total. The Hall–Kier alpha value is -0.220. The van der Waals surface area contributed by atoms with Gasteiger partial charge in [-0.1, -0.05) is 0 Å². The van der Waals surface area contributed by atoms with Crippen LogP contribution in [0.1, 0.15) is 13.3 Å². The molecule has 2 atom stereocenters. The highest BCUT2D eigenvalue weighted by molar-refractivity contribution is 7.98. The number of aliphatic hydroxyl groups is 1. The molecule has 0 radical (unpaired) electrons. The van der Waals surface area contributed by atoms with Crippen molar-refractivity contribution in [2.75, 3.05) is 25.2 Å². The highest BCUT2D eigenvalue weighted by Gasteiger charge is 2.31. The van der Waals surface area contributed by atoms with Gasteiger partial charge < -0.3 is 10.0 Å². The van der Waals surface area contributed by atoms with Crippen LogP contribution in [0.15, 0.2) is 0 Å². The molecule has 1 rings (SSSR count). The van der Waals surface area contributed by atoms with E-state index in [9.17, 15) is 4.79 Å². The highest BCUT2D eigenvalue weighted by Crippen LogP contribution is 2.20. The van der Waals surface area contributed by atoms with Gasteiger partial charge in [0.05, 0.1) is 0 Å². The zero-order chi connectivity index (χ0) is 9.84. The lowest BCUT2D eigenvalue weighted by molar-refractivity contribution is -0.129. The largest absolute Gasteiger partial charge is 0.396 e. The summed E-state index contributed by atoms with van der Waals surface area (Å²) in [6, 6.07) is 0.305. The lowest BCUT2D eigenvalue weighted by atomic mass is 10.1. The number of rotatable bonds is 4. The van der Waals surface area contributed by atoms with Crippen molar-refractivity contribution >= 4 is 17.7 Å². The van der Waals surface area contributed by atoms with E-state index in [1.165, 1.54) is 0 Å². The Morgan fingerprint density at radius 1 is 1.77 bits per heavy atom. The molecule has 0 aromatic heterocycles. The number of carbonyl (C=O) groups is 1. The molecule has 0 aromatic carbocycles. The van der Waals surface area contributed by atoms with Crippen LogP contribution in [0.3, 0.4) is 0 Å². The summed E-state index contributed by atoms with van der Waals surface area (Å²) < 4.78 is 0. The topological polar surface area (TPSA) is 40.5 Å². The molecule has 1 aliphatic heterocycles. The molecule has 0 aromatic rings. The number of hydrogen-bond acceptors (Lipinski definition) is 3. The van der Waals surface area contributed by atoms with Gasteiger partial charge in [0.25, 0.3) is 0 Å². The third kappa shape index (κ3) is 2.61. The number of carbonyl (C=O) groups excluding carboxylic acids is 1. The molecule has 1 saturated heterocycles. The molecule has 1 heterocycles. The van der Waals surface area contributed by atoms with E-state index in [-0.39, 0.29) is 18.4 Å². The second-order valence-electron chi connectivity index (χ2n) is 3.60. The molecule has 76 valence electrons. The van der Waals surface area contributed by atoms with Gasteiger partial charge in [-0.05, 0) is 13.2 Å². The van der Waals surface area contributed by atoms with Crippen molar-refractivity contribution in [2.45, 2.75) is 19.4 Å². The molecule has 2 unspecified atom stereocenters. The number of hydrogen-bond donors (Lipinski definition) is 1. The SMILES string of the molecule is CSCC(C)N1CC(CO)CC1=O. The zero-order valence-electron chi connectivity index (χ0n) is 8.19. The van der Waals surface area contributed by atoms with Gasteiger partial charge in [0.15, 0.2) is 0 Å². The summed E-state index contributed by atoms with van der Waals surface area (Å²) in [7, 11) is 0. The lowest BCUT2D eigenvalue weighted by Gasteiger charge is -2.23. The molecule has 0 saturated carbocycles. The summed E-state index contributed by atoms with van der Waals surface area (Å²) in [5.74, 6) is 1.33. The molecular weight excluding hydrogens is 186 g/mol. The number of nitrogens with zero attached hydrogens (tertiary/aromatic N) is 1. The summed E-state index contributed by atoms with van der Waals surface area (Å²) >= 11 is 1.75. The summed E-state index contributed by atoms with van der Waals surface area (Å²) in [6.45, 7) is 2.93. The van der Waals surface area contributed by atoms with Crippen molar-refractivity contribution in [3.05, 3.63) is 0 Å². The predicted molar refractivity (Wildman–Crippen MR) is 54.7 cm³/mol. The first-order chi connectivity index (χ1) is 6.19. The Morgan fingerprint density at radius 3 is 2.92 bits per heavy atom. The standard InChI is InChI=1S/C9H17NO2S/c1-7(6-13-2)10-4-8(5-11)3-9(10)12/h7-8,11H,3-6H2,1-2H3. The molecule has 1 aliphatic rings. The quantitative estimate of drug-likeness (QED) is 0.726. The van der Waals surface area contributed by atoms with Crippen LogP contribution < -0.4 is 0 Å². The van der Waals surface area contributed by atoms with E-state index in [0.717, 1.165) is 12.3 Å². The molecule has 0 aliphatic carbocycles. The number of thioether (sulfide) groups is 1. The first-order valence-electron chi connectivity index (χ1n) is 4.58. The summed E-state index contributed by atoms with van der Waals surface area (Å²) in [5, 5.41) is 8.93. The van der Waals surface area contributed by atoms with Crippen LogP contribution in [0.4, 0.5) is 0 Å². The molecule has 0 spiro atoms. The van der Waals surface area contributed by atoms with E-state index in [2.05, 4.69) is 6.92 Å².